The van der Waals surface area contributed by atoms with Gasteiger partial charge in [0.15, 0.2) is 6.61 Å². The Morgan fingerprint density at radius 3 is 2.67 bits per heavy atom. The fraction of sp³-hybridized carbons (Fsp3) is 0.273. The molecule has 0 aliphatic carbocycles. The van der Waals surface area contributed by atoms with Crippen molar-refractivity contribution in [2.24, 2.45) is 0 Å². The summed E-state index contributed by atoms with van der Waals surface area (Å²) in [4.78, 5) is 20.1. The minimum atomic E-state index is -0.183. The van der Waals surface area contributed by atoms with Crippen LogP contribution in [0.1, 0.15) is 36.3 Å². The van der Waals surface area contributed by atoms with E-state index in [-0.39, 0.29) is 18.6 Å². The summed E-state index contributed by atoms with van der Waals surface area (Å²) in [6.45, 7) is 6.00. The quantitative estimate of drug-likeness (QED) is 0.656. The van der Waals surface area contributed by atoms with Gasteiger partial charge >= 0.3 is 0 Å². The van der Waals surface area contributed by atoms with E-state index in [4.69, 9.17) is 4.74 Å². The highest BCUT2D eigenvalue weighted by molar-refractivity contribution is 5.78. The second kappa shape index (κ2) is 8.54. The number of nitrogens with one attached hydrogen (secondary N) is 2. The molecule has 2 aromatic carbocycles. The monoisotopic (exact) mass is 363 g/mol. The van der Waals surface area contributed by atoms with Gasteiger partial charge in [-0.1, -0.05) is 55.0 Å². The minimum Gasteiger partial charge on any atom is -0.484 e. The summed E-state index contributed by atoms with van der Waals surface area (Å²) < 4.78 is 5.67. The molecule has 1 unspecified atom stereocenters. The first-order chi connectivity index (χ1) is 13.1. The number of benzene rings is 2. The Morgan fingerprint density at radius 1 is 1.19 bits per heavy atom. The number of rotatable bonds is 7. The van der Waals surface area contributed by atoms with Gasteiger partial charge in [0.25, 0.3) is 5.91 Å². The lowest BCUT2D eigenvalue weighted by Crippen LogP contribution is -2.33. The van der Waals surface area contributed by atoms with Gasteiger partial charge in [0.05, 0.1) is 17.9 Å². The predicted octanol–water partition coefficient (Wildman–Crippen LogP) is 4.34. The van der Waals surface area contributed by atoms with Crippen molar-refractivity contribution < 1.29 is 9.53 Å². The summed E-state index contributed by atoms with van der Waals surface area (Å²) in [5.41, 5.74) is 4.19. The van der Waals surface area contributed by atoms with Crippen molar-refractivity contribution in [2.45, 2.75) is 33.2 Å². The van der Waals surface area contributed by atoms with Crippen LogP contribution >= 0.6 is 0 Å². The van der Waals surface area contributed by atoms with E-state index in [9.17, 15) is 4.79 Å². The molecule has 1 aromatic heterocycles. The summed E-state index contributed by atoms with van der Waals surface area (Å²) in [5, 5.41) is 2.99. The maximum atomic E-state index is 12.3. The molecular formula is C22H25N3O2. The highest BCUT2D eigenvalue weighted by Gasteiger charge is 2.17. The van der Waals surface area contributed by atoms with Gasteiger partial charge in [-0.25, -0.2) is 4.98 Å². The third-order valence-corrected chi connectivity index (χ3v) is 4.44. The molecule has 5 nitrogen and oxygen atoms in total. The summed E-state index contributed by atoms with van der Waals surface area (Å²) in [6, 6.07) is 15.7. The fourth-order valence-corrected chi connectivity index (χ4v) is 2.98. The van der Waals surface area contributed by atoms with E-state index < -0.39 is 0 Å². The van der Waals surface area contributed by atoms with Gasteiger partial charge in [-0.05, 0) is 37.5 Å². The zero-order valence-electron chi connectivity index (χ0n) is 16.0. The third kappa shape index (κ3) is 4.76. The highest BCUT2D eigenvalue weighted by atomic mass is 16.5. The van der Waals surface area contributed by atoms with Crippen LogP contribution in [0.25, 0.3) is 11.3 Å². The molecule has 0 saturated heterocycles. The van der Waals surface area contributed by atoms with Crippen molar-refractivity contribution in [3.63, 3.8) is 0 Å². The van der Waals surface area contributed by atoms with Crippen LogP contribution in [-0.2, 0) is 4.79 Å². The standard InChI is InChI=1S/C22H25N3O2/c1-4-18(22-23-13-19(25-22)17-8-6-5-7-9-17)24-21(26)14-27-20-11-10-15(2)12-16(20)3/h5-13,18H,4,14H2,1-3H3,(H,23,25)(H,24,26). The summed E-state index contributed by atoms with van der Waals surface area (Å²) in [7, 11) is 0. The molecule has 0 spiro atoms. The van der Waals surface area contributed by atoms with Gasteiger partial charge in [0.1, 0.15) is 11.6 Å². The molecule has 0 radical (unpaired) electrons. The minimum absolute atomic E-state index is 0.0212. The number of hydrogen-bond donors (Lipinski definition) is 2. The maximum Gasteiger partial charge on any atom is 0.258 e. The van der Waals surface area contributed by atoms with Gasteiger partial charge in [-0.15, -0.1) is 0 Å². The lowest BCUT2D eigenvalue weighted by molar-refractivity contribution is -0.123. The van der Waals surface area contributed by atoms with Crippen molar-refractivity contribution in [1.29, 1.82) is 0 Å². The first kappa shape index (κ1) is 18.7. The number of ether oxygens (including phenoxy) is 1. The largest absolute Gasteiger partial charge is 0.484 e. The first-order valence-electron chi connectivity index (χ1n) is 9.16. The molecule has 3 aromatic rings. The van der Waals surface area contributed by atoms with E-state index in [0.29, 0.717) is 0 Å². The Hall–Kier alpha value is -3.08. The Bertz CT molecular complexity index is 903. The molecular weight excluding hydrogens is 338 g/mol. The van der Waals surface area contributed by atoms with Crippen LogP contribution in [0.15, 0.2) is 54.7 Å². The number of hydrogen-bond acceptors (Lipinski definition) is 3. The smallest absolute Gasteiger partial charge is 0.258 e. The Morgan fingerprint density at radius 2 is 1.96 bits per heavy atom. The van der Waals surface area contributed by atoms with Gasteiger partial charge in [-0.3, -0.25) is 4.79 Å². The van der Waals surface area contributed by atoms with E-state index in [1.807, 2.05) is 69.3 Å². The molecule has 140 valence electrons. The number of aromatic amines is 1. The molecule has 1 amide bonds. The number of amides is 1. The Kier molecular flexibility index (Phi) is 5.91. The van der Waals surface area contributed by atoms with E-state index in [1.54, 1.807) is 6.20 Å². The molecule has 0 saturated carbocycles. The second-order valence-corrected chi connectivity index (χ2v) is 6.63. The normalized spacial score (nSPS) is 11.8. The van der Waals surface area contributed by atoms with Crippen LogP contribution in [0, 0.1) is 13.8 Å². The molecule has 27 heavy (non-hydrogen) atoms. The van der Waals surface area contributed by atoms with E-state index in [2.05, 4.69) is 15.3 Å². The highest BCUT2D eigenvalue weighted by Crippen LogP contribution is 2.21. The lowest BCUT2D eigenvalue weighted by Gasteiger charge is -2.16. The SMILES string of the molecule is CCC(NC(=O)COc1ccc(C)cc1C)c1ncc(-c2ccccc2)[nH]1. The third-order valence-electron chi connectivity index (χ3n) is 4.44. The molecule has 5 heteroatoms. The zero-order chi connectivity index (χ0) is 19.2. The molecule has 0 fully saturated rings. The molecule has 0 aliphatic rings. The predicted molar refractivity (Wildman–Crippen MR) is 107 cm³/mol. The summed E-state index contributed by atoms with van der Waals surface area (Å²) in [5.74, 6) is 1.31. The molecule has 3 rings (SSSR count). The zero-order valence-corrected chi connectivity index (χ0v) is 16.0. The number of imidazole rings is 1. The van der Waals surface area contributed by atoms with Crippen LogP contribution in [0.2, 0.25) is 0 Å². The van der Waals surface area contributed by atoms with Crippen LogP contribution < -0.4 is 10.1 Å². The van der Waals surface area contributed by atoms with Crippen LogP contribution in [0.4, 0.5) is 0 Å². The number of aromatic nitrogens is 2. The van der Waals surface area contributed by atoms with Crippen molar-refractivity contribution in [3.8, 4) is 17.0 Å². The van der Waals surface area contributed by atoms with Crippen LogP contribution in [0.3, 0.4) is 0 Å². The average molecular weight is 363 g/mol. The lowest BCUT2D eigenvalue weighted by atomic mass is 10.1. The molecule has 0 aliphatic heterocycles. The van der Waals surface area contributed by atoms with Crippen molar-refractivity contribution >= 4 is 5.91 Å². The van der Waals surface area contributed by atoms with E-state index in [0.717, 1.165) is 34.8 Å². The molecule has 0 bridgehead atoms. The maximum absolute atomic E-state index is 12.3. The average Bonchev–Trinajstić information content (AvgIpc) is 3.16. The van der Waals surface area contributed by atoms with Crippen molar-refractivity contribution in [1.82, 2.24) is 15.3 Å². The number of nitrogens with zero attached hydrogens (tertiary/aromatic N) is 1. The topological polar surface area (TPSA) is 67.0 Å². The van der Waals surface area contributed by atoms with Gasteiger partial charge in [0.2, 0.25) is 0 Å². The fourth-order valence-electron chi connectivity index (χ4n) is 2.98. The van der Waals surface area contributed by atoms with Gasteiger partial charge < -0.3 is 15.0 Å². The van der Waals surface area contributed by atoms with Gasteiger partial charge in [0, 0.05) is 0 Å². The van der Waals surface area contributed by atoms with Gasteiger partial charge in [-0.2, -0.15) is 0 Å². The van der Waals surface area contributed by atoms with Crippen LogP contribution in [0.5, 0.6) is 5.75 Å². The number of H-pyrrole nitrogens is 1. The Labute approximate surface area is 159 Å². The first-order valence-corrected chi connectivity index (χ1v) is 9.16. The molecule has 2 N–H and O–H groups in total. The summed E-state index contributed by atoms with van der Waals surface area (Å²) >= 11 is 0. The molecule has 1 atom stereocenters. The summed E-state index contributed by atoms with van der Waals surface area (Å²) in [6.07, 6.45) is 2.53. The van der Waals surface area contributed by atoms with E-state index in [1.165, 1.54) is 5.56 Å². The second-order valence-electron chi connectivity index (χ2n) is 6.63. The Balaban J connectivity index is 1.61. The van der Waals surface area contributed by atoms with Crippen molar-refractivity contribution in [2.75, 3.05) is 6.61 Å². The molecule has 1 heterocycles. The number of carbonyl (C=O) groups excluding carboxylic acids is 1. The van der Waals surface area contributed by atoms with E-state index >= 15 is 0 Å². The van der Waals surface area contributed by atoms with Crippen molar-refractivity contribution in [3.05, 3.63) is 71.7 Å². The number of aryl methyl sites for hydroxylation is 2. The number of carbonyl (C=O) groups is 1. The van der Waals surface area contributed by atoms with Crippen LogP contribution in [-0.4, -0.2) is 22.5 Å².